The smallest absolute Gasteiger partial charge is 0.339 e. The van der Waals surface area contributed by atoms with E-state index in [2.05, 4.69) is 5.32 Å². The number of nitrogens with one attached hydrogen (secondary N) is 1. The highest BCUT2D eigenvalue weighted by atomic mass is 16.4. The van der Waals surface area contributed by atoms with E-state index in [0.717, 1.165) is 0 Å². The number of carboxylic acid groups (broad SMARTS) is 1. The molecule has 0 atom stereocenters. The molecule has 0 fully saturated rings. The second-order valence-electron chi connectivity index (χ2n) is 4.35. The SMILES string of the molecule is O=C(Nc1ccc(C(=O)O)c(O)c1)c1ccc(CO)cc1. The Balaban J connectivity index is 2.15. The molecule has 21 heavy (non-hydrogen) atoms. The number of rotatable bonds is 4. The van der Waals surface area contributed by atoms with Gasteiger partial charge in [-0.1, -0.05) is 12.1 Å². The van der Waals surface area contributed by atoms with Crippen molar-refractivity contribution in [2.24, 2.45) is 0 Å². The summed E-state index contributed by atoms with van der Waals surface area (Å²) in [5.74, 6) is -2.07. The van der Waals surface area contributed by atoms with E-state index in [1.165, 1.54) is 18.2 Å². The normalized spacial score (nSPS) is 10.1. The van der Waals surface area contributed by atoms with Gasteiger partial charge in [-0.15, -0.1) is 0 Å². The van der Waals surface area contributed by atoms with Crippen LogP contribution in [-0.2, 0) is 6.61 Å². The summed E-state index contributed by atoms with van der Waals surface area (Å²) in [7, 11) is 0. The predicted octanol–water partition coefficient (Wildman–Crippen LogP) is 1.83. The molecular weight excluding hydrogens is 274 g/mol. The van der Waals surface area contributed by atoms with Crippen molar-refractivity contribution in [2.45, 2.75) is 6.61 Å². The fourth-order valence-electron chi connectivity index (χ4n) is 1.76. The lowest BCUT2D eigenvalue weighted by Crippen LogP contribution is -2.12. The summed E-state index contributed by atoms with van der Waals surface area (Å²) in [5.41, 5.74) is 1.12. The van der Waals surface area contributed by atoms with Crippen LogP contribution in [0.1, 0.15) is 26.3 Å². The van der Waals surface area contributed by atoms with Crippen molar-refractivity contribution in [1.29, 1.82) is 0 Å². The monoisotopic (exact) mass is 287 g/mol. The molecule has 108 valence electrons. The molecule has 0 saturated heterocycles. The molecule has 0 bridgehead atoms. The zero-order valence-corrected chi connectivity index (χ0v) is 10.9. The van der Waals surface area contributed by atoms with Gasteiger partial charge in [-0.3, -0.25) is 4.79 Å². The average Bonchev–Trinajstić information content (AvgIpc) is 2.47. The van der Waals surface area contributed by atoms with Gasteiger partial charge in [0.1, 0.15) is 11.3 Å². The van der Waals surface area contributed by atoms with Gasteiger partial charge in [-0.25, -0.2) is 4.79 Å². The molecule has 0 aliphatic heterocycles. The van der Waals surface area contributed by atoms with Crippen molar-refractivity contribution in [3.05, 3.63) is 59.2 Å². The molecule has 0 saturated carbocycles. The number of hydrogen-bond acceptors (Lipinski definition) is 4. The maximum atomic E-state index is 12.0. The van der Waals surface area contributed by atoms with Crippen molar-refractivity contribution in [3.63, 3.8) is 0 Å². The number of aliphatic hydroxyl groups is 1. The van der Waals surface area contributed by atoms with Crippen LogP contribution in [0.15, 0.2) is 42.5 Å². The summed E-state index contributed by atoms with van der Waals surface area (Å²) in [6.45, 7) is -0.105. The van der Waals surface area contributed by atoms with Gasteiger partial charge in [-0.2, -0.15) is 0 Å². The Kier molecular flexibility index (Phi) is 4.20. The Bertz CT molecular complexity index is 679. The van der Waals surface area contributed by atoms with Gasteiger partial charge in [0.25, 0.3) is 5.91 Å². The highest BCUT2D eigenvalue weighted by molar-refractivity contribution is 6.04. The van der Waals surface area contributed by atoms with Gasteiger partial charge in [0.2, 0.25) is 0 Å². The Labute approximate surface area is 120 Å². The Morgan fingerprint density at radius 3 is 2.24 bits per heavy atom. The highest BCUT2D eigenvalue weighted by Crippen LogP contribution is 2.22. The maximum absolute atomic E-state index is 12.0. The van der Waals surface area contributed by atoms with E-state index in [4.69, 9.17) is 10.2 Å². The van der Waals surface area contributed by atoms with Crippen LogP contribution in [0.3, 0.4) is 0 Å². The number of hydrogen-bond donors (Lipinski definition) is 4. The van der Waals surface area contributed by atoms with Gasteiger partial charge in [-0.05, 0) is 29.8 Å². The summed E-state index contributed by atoms with van der Waals surface area (Å²) < 4.78 is 0. The van der Waals surface area contributed by atoms with E-state index in [0.29, 0.717) is 11.1 Å². The average molecular weight is 287 g/mol. The van der Waals surface area contributed by atoms with E-state index in [1.54, 1.807) is 24.3 Å². The number of amides is 1. The van der Waals surface area contributed by atoms with Gasteiger partial charge in [0, 0.05) is 17.3 Å². The van der Waals surface area contributed by atoms with E-state index in [9.17, 15) is 14.7 Å². The number of benzene rings is 2. The van der Waals surface area contributed by atoms with Crippen LogP contribution < -0.4 is 5.32 Å². The number of anilines is 1. The van der Waals surface area contributed by atoms with Crippen LogP contribution in [0, 0.1) is 0 Å². The number of aliphatic hydroxyl groups excluding tert-OH is 1. The van der Waals surface area contributed by atoms with Crippen molar-refractivity contribution in [1.82, 2.24) is 0 Å². The molecule has 1 amide bonds. The molecule has 0 heterocycles. The van der Waals surface area contributed by atoms with Gasteiger partial charge >= 0.3 is 5.97 Å². The molecule has 2 rings (SSSR count). The molecule has 6 heteroatoms. The molecular formula is C15H13NO5. The minimum absolute atomic E-state index is 0.105. The van der Waals surface area contributed by atoms with Gasteiger partial charge in [0.05, 0.1) is 6.61 Å². The van der Waals surface area contributed by atoms with Crippen LogP contribution in [-0.4, -0.2) is 27.2 Å². The van der Waals surface area contributed by atoms with Crippen LogP contribution in [0.2, 0.25) is 0 Å². The summed E-state index contributed by atoms with van der Waals surface area (Å²) in [4.78, 5) is 22.7. The van der Waals surface area contributed by atoms with Gasteiger partial charge < -0.3 is 20.6 Å². The van der Waals surface area contributed by atoms with Crippen molar-refractivity contribution in [3.8, 4) is 5.75 Å². The summed E-state index contributed by atoms with van der Waals surface area (Å²) in [6.07, 6.45) is 0. The first-order valence-electron chi connectivity index (χ1n) is 6.08. The third-order valence-electron chi connectivity index (χ3n) is 2.88. The first kappa shape index (κ1) is 14.5. The van der Waals surface area contributed by atoms with Crippen LogP contribution >= 0.6 is 0 Å². The molecule has 0 aliphatic carbocycles. The molecule has 2 aromatic rings. The molecule has 2 aromatic carbocycles. The molecule has 4 N–H and O–H groups in total. The van der Waals surface area contributed by atoms with E-state index < -0.39 is 17.6 Å². The zero-order valence-electron chi connectivity index (χ0n) is 10.9. The number of aromatic hydroxyl groups is 1. The van der Waals surface area contributed by atoms with Crippen LogP contribution in [0.25, 0.3) is 0 Å². The molecule has 6 nitrogen and oxygen atoms in total. The Morgan fingerprint density at radius 1 is 1.05 bits per heavy atom. The first-order chi connectivity index (χ1) is 10.0. The predicted molar refractivity (Wildman–Crippen MR) is 75.4 cm³/mol. The van der Waals surface area contributed by atoms with Crippen molar-refractivity contribution < 1.29 is 24.9 Å². The molecule has 0 aromatic heterocycles. The third-order valence-corrected chi connectivity index (χ3v) is 2.88. The number of phenols is 1. The highest BCUT2D eigenvalue weighted by Gasteiger charge is 2.11. The third kappa shape index (κ3) is 3.37. The molecule has 0 aliphatic rings. The lowest BCUT2D eigenvalue weighted by Gasteiger charge is -2.07. The number of carboxylic acids is 1. The van der Waals surface area contributed by atoms with E-state index in [-0.39, 0.29) is 17.9 Å². The largest absolute Gasteiger partial charge is 0.507 e. The standard InChI is InChI=1S/C15H13NO5/c17-8-9-1-3-10(4-2-9)14(19)16-11-5-6-12(15(20)21)13(18)7-11/h1-7,17-18H,8H2,(H,16,19)(H,20,21). The number of carbonyl (C=O) groups excluding carboxylic acids is 1. The van der Waals surface area contributed by atoms with Crippen molar-refractivity contribution >= 4 is 17.6 Å². The zero-order chi connectivity index (χ0) is 15.4. The summed E-state index contributed by atoms with van der Waals surface area (Å²) in [6, 6.07) is 10.1. The molecule has 0 radical (unpaired) electrons. The van der Waals surface area contributed by atoms with E-state index in [1.807, 2.05) is 0 Å². The Hall–Kier alpha value is -2.86. The maximum Gasteiger partial charge on any atom is 0.339 e. The topological polar surface area (TPSA) is 107 Å². The molecule has 0 spiro atoms. The molecule has 0 unspecified atom stereocenters. The lowest BCUT2D eigenvalue weighted by atomic mass is 10.1. The lowest BCUT2D eigenvalue weighted by molar-refractivity contribution is 0.0693. The van der Waals surface area contributed by atoms with Crippen molar-refractivity contribution in [2.75, 3.05) is 5.32 Å². The second kappa shape index (κ2) is 6.06. The minimum Gasteiger partial charge on any atom is -0.507 e. The van der Waals surface area contributed by atoms with Gasteiger partial charge in [0.15, 0.2) is 0 Å². The second-order valence-corrected chi connectivity index (χ2v) is 4.35. The summed E-state index contributed by atoms with van der Waals surface area (Å²) >= 11 is 0. The first-order valence-corrected chi connectivity index (χ1v) is 6.08. The fraction of sp³-hybridized carbons (Fsp3) is 0.0667. The Morgan fingerprint density at radius 2 is 1.71 bits per heavy atom. The summed E-state index contributed by atoms with van der Waals surface area (Å²) in [5, 5.41) is 29.8. The van der Waals surface area contributed by atoms with Crippen LogP contribution in [0.4, 0.5) is 5.69 Å². The minimum atomic E-state index is -1.25. The number of aromatic carboxylic acids is 1. The quantitative estimate of drug-likeness (QED) is 0.686. The fourth-order valence-corrected chi connectivity index (χ4v) is 1.76. The number of carbonyl (C=O) groups is 2. The van der Waals surface area contributed by atoms with Crippen LogP contribution in [0.5, 0.6) is 5.75 Å². The van der Waals surface area contributed by atoms with E-state index >= 15 is 0 Å².